The van der Waals surface area contributed by atoms with Crippen LogP contribution in [0.4, 0.5) is 0 Å². The Morgan fingerprint density at radius 1 is 1.15 bits per heavy atom. The fraction of sp³-hybridized carbons (Fsp3) is 0.611. The topological polar surface area (TPSA) is 92.9 Å². The number of amides is 1. The standard InChI is InChI=1S/C18H27N3O4S/c1-25-16-4-6-17(7-5-16)26(23,24)20-11-8-14(9-12-20)18(22)21-10-2-3-15(21)13-19/h4-7,14-15H,2-3,8-13,19H2,1H3. The lowest BCUT2D eigenvalue weighted by atomic mass is 9.96. The summed E-state index contributed by atoms with van der Waals surface area (Å²) in [5.41, 5.74) is 5.77. The second-order valence-electron chi connectivity index (χ2n) is 6.92. The number of hydrogen-bond donors (Lipinski definition) is 1. The molecule has 26 heavy (non-hydrogen) atoms. The number of hydrogen-bond acceptors (Lipinski definition) is 5. The van der Waals surface area contributed by atoms with Crippen molar-refractivity contribution in [2.24, 2.45) is 11.7 Å². The van der Waals surface area contributed by atoms with E-state index in [0.717, 1.165) is 19.4 Å². The average Bonchev–Trinajstić information content (AvgIpc) is 3.16. The van der Waals surface area contributed by atoms with Crippen molar-refractivity contribution in [2.75, 3.05) is 33.3 Å². The van der Waals surface area contributed by atoms with Gasteiger partial charge in [-0.3, -0.25) is 4.79 Å². The number of nitrogens with zero attached hydrogens (tertiary/aromatic N) is 2. The first kappa shape index (κ1) is 19.1. The molecule has 8 heteroatoms. The van der Waals surface area contributed by atoms with Crippen LogP contribution >= 0.6 is 0 Å². The fourth-order valence-corrected chi connectivity index (χ4v) is 5.31. The Bertz CT molecular complexity index is 727. The van der Waals surface area contributed by atoms with E-state index in [9.17, 15) is 13.2 Å². The molecule has 0 spiro atoms. The first-order valence-corrected chi connectivity index (χ1v) is 10.6. The zero-order chi connectivity index (χ0) is 18.7. The Balaban J connectivity index is 1.63. The number of benzene rings is 1. The highest BCUT2D eigenvalue weighted by Gasteiger charge is 2.36. The number of carbonyl (C=O) groups is 1. The maximum absolute atomic E-state index is 12.8. The summed E-state index contributed by atoms with van der Waals surface area (Å²) in [5, 5.41) is 0. The molecule has 2 fully saturated rings. The van der Waals surface area contributed by atoms with E-state index in [2.05, 4.69) is 0 Å². The fourth-order valence-electron chi connectivity index (χ4n) is 3.85. The predicted molar refractivity (Wildman–Crippen MR) is 98.3 cm³/mol. The highest BCUT2D eigenvalue weighted by molar-refractivity contribution is 7.89. The van der Waals surface area contributed by atoms with Gasteiger partial charge in [-0.1, -0.05) is 0 Å². The van der Waals surface area contributed by atoms with E-state index in [1.54, 1.807) is 31.4 Å². The maximum atomic E-state index is 12.8. The lowest BCUT2D eigenvalue weighted by Gasteiger charge is -2.34. The van der Waals surface area contributed by atoms with Crippen molar-refractivity contribution in [3.8, 4) is 5.75 Å². The third-order valence-electron chi connectivity index (χ3n) is 5.43. The van der Waals surface area contributed by atoms with Gasteiger partial charge in [-0.05, 0) is 49.9 Å². The number of piperidine rings is 1. The molecule has 1 aromatic carbocycles. The largest absolute Gasteiger partial charge is 0.497 e. The Hall–Kier alpha value is -1.64. The van der Waals surface area contributed by atoms with Gasteiger partial charge >= 0.3 is 0 Å². The monoisotopic (exact) mass is 381 g/mol. The maximum Gasteiger partial charge on any atom is 0.243 e. The number of methoxy groups -OCH3 is 1. The summed E-state index contributed by atoms with van der Waals surface area (Å²) >= 11 is 0. The van der Waals surface area contributed by atoms with Crippen LogP contribution in [0.2, 0.25) is 0 Å². The molecule has 2 N–H and O–H groups in total. The molecule has 2 heterocycles. The van der Waals surface area contributed by atoms with Gasteiger partial charge in [0.25, 0.3) is 0 Å². The second-order valence-corrected chi connectivity index (χ2v) is 8.86. The van der Waals surface area contributed by atoms with Crippen molar-refractivity contribution in [1.29, 1.82) is 0 Å². The quantitative estimate of drug-likeness (QED) is 0.823. The molecule has 0 aromatic heterocycles. The average molecular weight is 381 g/mol. The lowest BCUT2D eigenvalue weighted by molar-refractivity contribution is -0.137. The SMILES string of the molecule is COc1ccc(S(=O)(=O)N2CCC(C(=O)N3CCCC3CN)CC2)cc1. The first-order valence-electron chi connectivity index (χ1n) is 9.12. The van der Waals surface area contributed by atoms with Gasteiger partial charge in [0.2, 0.25) is 15.9 Å². The second kappa shape index (κ2) is 7.94. The number of ether oxygens (including phenoxy) is 1. The summed E-state index contributed by atoms with van der Waals surface area (Å²) in [7, 11) is -2.00. The van der Waals surface area contributed by atoms with Crippen LogP contribution in [-0.2, 0) is 14.8 Å². The molecule has 0 aliphatic carbocycles. The van der Waals surface area contributed by atoms with Gasteiger partial charge in [0.05, 0.1) is 12.0 Å². The first-order chi connectivity index (χ1) is 12.5. The summed E-state index contributed by atoms with van der Waals surface area (Å²) in [4.78, 5) is 14.9. The molecule has 7 nitrogen and oxygen atoms in total. The number of carbonyl (C=O) groups excluding carboxylic acids is 1. The number of nitrogens with two attached hydrogens (primary N) is 1. The van der Waals surface area contributed by atoms with Gasteiger partial charge in [0.15, 0.2) is 0 Å². The number of rotatable bonds is 5. The van der Waals surface area contributed by atoms with Gasteiger partial charge < -0.3 is 15.4 Å². The van der Waals surface area contributed by atoms with Crippen molar-refractivity contribution in [3.63, 3.8) is 0 Å². The van der Waals surface area contributed by atoms with Gasteiger partial charge in [-0.2, -0.15) is 4.31 Å². The lowest BCUT2D eigenvalue weighted by Crippen LogP contribution is -2.47. The Morgan fingerprint density at radius 2 is 1.81 bits per heavy atom. The van der Waals surface area contributed by atoms with Gasteiger partial charge in [0.1, 0.15) is 5.75 Å². The van der Waals surface area contributed by atoms with Crippen LogP contribution < -0.4 is 10.5 Å². The van der Waals surface area contributed by atoms with Crippen molar-refractivity contribution in [2.45, 2.75) is 36.6 Å². The highest BCUT2D eigenvalue weighted by Crippen LogP contribution is 2.28. The van der Waals surface area contributed by atoms with E-state index in [4.69, 9.17) is 10.5 Å². The van der Waals surface area contributed by atoms with E-state index in [1.165, 1.54) is 4.31 Å². The number of likely N-dealkylation sites (tertiary alicyclic amines) is 1. The van der Waals surface area contributed by atoms with E-state index >= 15 is 0 Å². The molecular weight excluding hydrogens is 354 g/mol. The van der Waals surface area contributed by atoms with Crippen molar-refractivity contribution < 1.29 is 17.9 Å². The molecule has 144 valence electrons. The van der Waals surface area contributed by atoms with Crippen LogP contribution in [0.3, 0.4) is 0 Å². The molecule has 0 saturated carbocycles. The van der Waals surface area contributed by atoms with Crippen LogP contribution in [0.25, 0.3) is 0 Å². The molecule has 2 aliphatic rings. The minimum Gasteiger partial charge on any atom is -0.497 e. The molecular formula is C18H27N3O4S. The van der Waals surface area contributed by atoms with Crippen LogP contribution in [-0.4, -0.2) is 62.9 Å². The molecule has 1 atom stereocenters. The van der Waals surface area contributed by atoms with Crippen molar-refractivity contribution >= 4 is 15.9 Å². The zero-order valence-electron chi connectivity index (χ0n) is 15.1. The third kappa shape index (κ3) is 3.72. The smallest absolute Gasteiger partial charge is 0.243 e. The molecule has 1 unspecified atom stereocenters. The minimum atomic E-state index is -3.54. The molecule has 2 aliphatic heterocycles. The van der Waals surface area contributed by atoms with Crippen LogP contribution in [0.15, 0.2) is 29.2 Å². The Labute approximate surface area is 155 Å². The van der Waals surface area contributed by atoms with E-state index in [0.29, 0.717) is 38.2 Å². The highest BCUT2D eigenvalue weighted by atomic mass is 32.2. The Morgan fingerprint density at radius 3 is 2.38 bits per heavy atom. The van der Waals surface area contributed by atoms with Crippen LogP contribution in [0.5, 0.6) is 5.75 Å². The summed E-state index contributed by atoms with van der Waals surface area (Å²) in [6, 6.07) is 6.54. The molecule has 3 rings (SSSR count). The van der Waals surface area contributed by atoms with E-state index < -0.39 is 10.0 Å². The van der Waals surface area contributed by atoms with Gasteiger partial charge in [-0.15, -0.1) is 0 Å². The third-order valence-corrected chi connectivity index (χ3v) is 7.35. The molecule has 1 aromatic rings. The minimum absolute atomic E-state index is 0.107. The van der Waals surface area contributed by atoms with E-state index in [-0.39, 0.29) is 22.8 Å². The number of sulfonamides is 1. The van der Waals surface area contributed by atoms with Crippen molar-refractivity contribution in [1.82, 2.24) is 9.21 Å². The summed E-state index contributed by atoms with van der Waals surface area (Å²) in [6.07, 6.45) is 3.08. The Kier molecular flexibility index (Phi) is 5.84. The van der Waals surface area contributed by atoms with Gasteiger partial charge in [-0.25, -0.2) is 8.42 Å². The van der Waals surface area contributed by atoms with Crippen LogP contribution in [0.1, 0.15) is 25.7 Å². The molecule has 0 radical (unpaired) electrons. The molecule has 0 bridgehead atoms. The van der Waals surface area contributed by atoms with Gasteiger partial charge in [0, 0.05) is 38.1 Å². The summed E-state index contributed by atoms with van der Waals surface area (Å²) < 4.78 is 32.1. The van der Waals surface area contributed by atoms with Crippen LogP contribution in [0, 0.1) is 5.92 Å². The zero-order valence-corrected chi connectivity index (χ0v) is 16.0. The van der Waals surface area contributed by atoms with E-state index in [1.807, 2.05) is 4.90 Å². The predicted octanol–water partition coefficient (Wildman–Crippen LogP) is 1.05. The normalized spacial score (nSPS) is 22.5. The summed E-state index contributed by atoms with van der Waals surface area (Å²) in [6.45, 7) is 2.00. The molecule has 2 saturated heterocycles. The summed E-state index contributed by atoms with van der Waals surface area (Å²) in [5.74, 6) is 0.650. The van der Waals surface area contributed by atoms with Crippen molar-refractivity contribution in [3.05, 3.63) is 24.3 Å². The molecule has 1 amide bonds.